The highest BCUT2D eigenvalue weighted by Gasteiger charge is 2.23. The van der Waals surface area contributed by atoms with Gasteiger partial charge in [-0.2, -0.15) is 5.10 Å². The summed E-state index contributed by atoms with van der Waals surface area (Å²) in [7, 11) is 0. The van der Waals surface area contributed by atoms with Crippen LogP contribution in [-0.2, 0) is 11.3 Å². The predicted octanol–water partition coefficient (Wildman–Crippen LogP) is 2.15. The number of aromatic nitrogens is 4. The summed E-state index contributed by atoms with van der Waals surface area (Å²) >= 11 is 0. The average Bonchev–Trinajstić information content (AvgIpc) is 3.21. The standard InChI is InChI=1S/C17H26N6O/c1-12(2)23-15(6-7-20-23)21-17(24)13(3)19-11-14-5-4-9-22-10-8-18-16(14)22/h6-8,10,12-14,19H,4-5,9,11H2,1-3H3,(H,21,24)/t13-,14-/m1/s1. The average molecular weight is 330 g/mol. The summed E-state index contributed by atoms with van der Waals surface area (Å²) in [6.45, 7) is 7.77. The van der Waals surface area contributed by atoms with Crippen LogP contribution in [0, 0.1) is 0 Å². The summed E-state index contributed by atoms with van der Waals surface area (Å²) in [5.41, 5.74) is 0. The molecule has 130 valence electrons. The third-order valence-electron chi connectivity index (χ3n) is 4.54. The van der Waals surface area contributed by atoms with Gasteiger partial charge in [0, 0.05) is 43.5 Å². The van der Waals surface area contributed by atoms with E-state index in [1.54, 1.807) is 6.20 Å². The van der Waals surface area contributed by atoms with E-state index in [0.29, 0.717) is 5.92 Å². The molecule has 1 amide bonds. The number of amides is 1. The predicted molar refractivity (Wildman–Crippen MR) is 92.9 cm³/mol. The van der Waals surface area contributed by atoms with E-state index in [4.69, 9.17) is 0 Å². The second-order valence-electron chi connectivity index (χ2n) is 6.69. The fraction of sp³-hybridized carbons (Fsp3) is 0.588. The minimum atomic E-state index is -0.272. The quantitative estimate of drug-likeness (QED) is 0.851. The number of hydrogen-bond donors (Lipinski definition) is 2. The second-order valence-corrected chi connectivity index (χ2v) is 6.69. The van der Waals surface area contributed by atoms with Crippen LogP contribution in [0.5, 0.6) is 0 Å². The number of imidazole rings is 1. The Hall–Kier alpha value is -2.15. The first-order chi connectivity index (χ1) is 11.6. The maximum atomic E-state index is 12.4. The number of carbonyl (C=O) groups excluding carboxylic acids is 1. The van der Waals surface area contributed by atoms with Crippen molar-refractivity contribution >= 4 is 11.7 Å². The van der Waals surface area contributed by atoms with Gasteiger partial charge in [0.2, 0.25) is 5.91 Å². The number of anilines is 1. The van der Waals surface area contributed by atoms with Crippen molar-refractivity contribution in [3.8, 4) is 0 Å². The van der Waals surface area contributed by atoms with Crippen LogP contribution < -0.4 is 10.6 Å². The zero-order chi connectivity index (χ0) is 17.1. The minimum Gasteiger partial charge on any atom is -0.335 e. The third-order valence-corrected chi connectivity index (χ3v) is 4.54. The van der Waals surface area contributed by atoms with Crippen LogP contribution in [0.25, 0.3) is 0 Å². The summed E-state index contributed by atoms with van der Waals surface area (Å²) in [6.07, 6.45) is 7.86. The molecule has 0 saturated carbocycles. The van der Waals surface area contributed by atoms with Gasteiger partial charge in [0.15, 0.2) is 0 Å². The summed E-state index contributed by atoms with van der Waals surface area (Å²) < 4.78 is 4.02. The van der Waals surface area contributed by atoms with E-state index >= 15 is 0 Å². The van der Waals surface area contributed by atoms with Gasteiger partial charge in [0.05, 0.1) is 12.2 Å². The van der Waals surface area contributed by atoms with Crippen molar-refractivity contribution in [2.45, 2.75) is 58.2 Å². The molecule has 1 aliphatic rings. The highest BCUT2D eigenvalue weighted by Crippen LogP contribution is 2.25. The van der Waals surface area contributed by atoms with Gasteiger partial charge < -0.3 is 15.2 Å². The van der Waals surface area contributed by atoms with Gasteiger partial charge in [-0.15, -0.1) is 0 Å². The lowest BCUT2D eigenvalue weighted by Gasteiger charge is -2.25. The molecule has 3 heterocycles. The molecule has 0 aromatic carbocycles. The van der Waals surface area contributed by atoms with E-state index in [0.717, 1.165) is 37.6 Å². The van der Waals surface area contributed by atoms with Gasteiger partial charge in [-0.1, -0.05) is 0 Å². The van der Waals surface area contributed by atoms with Gasteiger partial charge in [-0.3, -0.25) is 4.79 Å². The molecule has 7 nitrogen and oxygen atoms in total. The maximum Gasteiger partial charge on any atom is 0.242 e. The first-order valence-electron chi connectivity index (χ1n) is 8.65. The Balaban J connectivity index is 1.55. The molecule has 7 heteroatoms. The Labute approximate surface area is 142 Å². The molecule has 0 radical (unpaired) electrons. The minimum absolute atomic E-state index is 0.0449. The summed E-state index contributed by atoms with van der Waals surface area (Å²) in [4.78, 5) is 16.9. The summed E-state index contributed by atoms with van der Waals surface area (Å²) in [5, 5.41) is 10.5. The fourth-order valence-electron chi connectivity index (χ4n) is 3.17. The van der Waals surface area contributed by atoms with Crippen LogP contribution in [0.3, 0.4) is 0 Å². The van der Waals surface area contributed by atoms with Crippen molar-refractivity contribution in [2.24, 2.45) is 0 Å². The first-order valence-corrected chi connectivity index (χ1v) is 8.65. The summed E-state index contributed by atoms with van der Waals surface area (Å²) in [5.74, 6) is 2.18. The van der Waals surface area contributed by atoms with Gasteiger partial charge in [-0.25, -0.2) is 9.67 Å². The molecule has 2 aromatic heterocycles. The Kier molecular flexibility index (Phi) is 4.99. The van der Waals surface area contributed by atoms with Crippen molar-refractivity contribution < 1.29 is 4.79 Å². The molecule has 2 aromatic rings. The van der Waals surface area contributed by atoms with Gasteiger partial charge in [0.1, 0.15) is 11.6 Å². The Morgan fingerprint density at radius 1 is 1.38 bits per heavy atom. The highest BCUT2D eigenvalue weighted by molar-refractivity contribution is 5.93. The number of nitrogens with one attached hydrogen (secondary N) is 2. The molecule has 0 bridgehead atoms. The lowest BCUT2D eigenvalue weighted by atomic mass is 9.98. The number of rotatable bonds is 6. The molecule has 0 saturated heterocycles. The zero-order valence-corrected chi connectivity index (χ0v) is 14.6. The molecule has 3 rings (SSSR count). The smallest absolute Gasteiger partial charge is 0.242 e. The van der Waals surface area contributed by atoms with Crippen LogP contribution in [0.2, 0.25) is 0 Å². The molecule has 24 heavy (non-hydrogen) atoms. The highest BCUT2D eigenvalue weighted by atomic mass is 16.2. The largest absolute Gasteiger partial charge is 0.335 e. The van der Waals surface area contributed by atoms with Gasteiger partial charge >= 0.3 is 0 Å². The van der Waals surface area contributed by atoms with Crippen molar-refractivity contribution in [3.05, 3.63) is 30.5 Å². The topological polar surface area (TPSA) is 76.8 Å². The molecule has 2 N–H and O–H groups in total. The summed E-state index contributed by atoms with van der Waals surface area (Å²) in [6, 6.07) is 1.76. The zero-order valence-electron chi connectivity index (χ0n) is 14.6. The Bertz CT molecular complexity index is 689. The van der Waals surface area contributed by atoms with Gasteiger partial charge in [0.25, 0.3) is 0 Å². The van der Waals surface area contributed by atoms with Gasteiger partial charge in [-0.05, 0) is 33.6 Å². The molecule has 0 unspecified atom stereocenters. The Morgan fingerprint density at radius 3 is 3.00 bits per heavy atom. The molecule has 0 spiro atoms. The van der Waals surface area contributed by atoms with Crippen molar-refractivity contribution in [1.29, 1.82) is 0 Å². The normalized spacial score (nSPS) is 18.4. The SMILES string of the molecule is CC(C)n1nccc1NC(=O)[C@@H](C)NC[C@H]1CCCn2ccnc21. The maximum absolute atomic E-state index is 12.4. The van der Waals surface area contributed by atoms with E-state index in [2.05, 4.69) is 25.3 Å². The monoisotopic (exact) mass is 330 g/mol. The van der Waals surface area contributed by atoms with Crippen LogP contribution in [0.1, 0.15) is 51.4 Å². The molecule has 0 aliphatic carbocycles. The number of aryl methyl sites for hydroxylation is 1. The van der Waals surface area contributed by atoms with E-state index in [-0.39, 0.29) is 18.0 Å². The van der Waals surface area contributed by atoms with Crippen molar-refractivity contribution in [1.82, 2.24) is 24.6 Å². The van der Waals surface area contributed by atoms with Crippen LogP contribution in [0.15, 0.2) is 24.7 Å². The van der Waals surface area contributed by atoms with Crippen molar-refractivity contribution in [2.75, 3.05) is 11.9 Å². The van der Waals surface area contributed by atoms with Crippen molar-refractivity contribution in [3.63, 3.8) is 0 Å². The molecule has 0 fully saturated rings. The lowest BCUT2D eigenvalue weighted by Crippen LogP contribution is -2.41. The molecular weight excluding hydrogens is 304 g/mol. The first kappa shape index (κ1) is 16.7. The lowest BCUT2D eigenvalue weighted by molar-refractivity contribution is -0.117. The Morgan fingerprint density at radius 2 is 2.21 bits per heavy atom. The van der Waals surface area contributed by atoms with E-state index in [1.165, 1.54) is 0 Å². The molecule has 1 aliphatic heterocycles. The number of hydrogen-bond acceptors (Lipinski definition) is 4. The molecule has 2 atom stereocenters. The molecular formula is C17H26N6O. The van der Waals surface area contributed by atoms with Crippen LogP contribution in [0.4, 0.5) is 5.82 Å². The number of carbonyl (C=O) groups is 1. The number of fused-ring (bicyclic) bond motifs is 1. The van der Waals surface area contributed by atoms with Crippen LogP contribution in [-0.4, -0.2) is 37.8 Å². The van der Waals surface area contributed by atoms with E-state index in [1.807, 2.05) is 43.9 Å². The number of nitrogens with zero attached hydrogens (tertiary/aromatic N) is 4. The van der Waals surface area contributed by atoms with Crippen LogP contribution >= 0.6 is 0 Å². The second kappa shape index (κ2) is 7.17. The van der Waals surface area contributed by atoms with E-state index in [9.17, 15) is 4.79 Å². The third kappa shape index (κ3) is 3.51. The fourth-order valence-corrected chi connectivity index (χ4v) is 3.17. The van der Waals surface area contributed by atoms with E-state index < -0.39 is 0 Å².